The third kappa shape index (κ3) is 3.49. The summed E-state index contributed by atoms with van der Waals surface area (Å²) in [6.45, 7) is 2.33. The summed E-state index contributed by atoms with van der Waals surface area (Å²) in [6.07, 6.45) is 9.16. The fourth-order valence-electron chi connectivity index (χ4n) is 7.65. The summed E-state index contributed by atoms with van der Waals surface area (Å²) in [4.78, 5) is 14.5. The average Bonchev–Trinajstić information content (AvgIpc) is 3.25. The number of nitrogens with one attached hydrogen (secondary N) is 1. The van der Waals surface area contributed by atoms with Crippen molar-refractivity contribution >= 4 is 15.9 Å². The number of nitriles is 1. The number of sulfonamides is 1. The zero-order chi connectivity index (χ0) is 20.3. The summed E-state index contributed by atoms with van der Waals surface area (Å²) >= 11 is 0. The fourth-order valence-corrected chi connectivity index (χ4v) is 9.28. The minimum Gasteiger partial charge on any atom is -0.326 e. The fraction of sp³-hybridized carbons (Fsp3) is 0.905. The topological polar surface area (TPSA) is 93.5 Å². The van der Waals surface area contributed by atoms with Gasteiger partial charge in [-0.1, -0.05) is 0 Å². The first-order chi connectivity index (χ1) is 13.8. The molecule has 3 atom stereocenters. The van der Waals surface area contributed by atoms with E-state index in [-0.39, 0.29) is 22.9 Å². The molecule has 8 heteroatoms. The second-order valence-electron chi connectivity index (χ2n) is 10.5. The van der Waals surface area contributed by atoms with Crippen LogP contribution < -0.4 is 5.32 Å². The number of carbonyl (C=O) groups excluding carboxylic acids is 1. The molecule has 1 N–H and O–H groups in total. The van der Waals surface area contributed by atoms with Crippen LogP contribution in [0.4, 0.5) is 0 Å². The van der Waals surface area contributed by atoms with Crippen molar-refractivity contribution in [3.05, 3.63) is 0 Å². The summed E-state index contributed by atoms with van der Waals surface area (Å²) in [6, 6.07) is 1.99. The normalized spacial score (nSPS) is 43.0. The van der Waals surface area contributed by atoms with Gasteiger partial charge in [0.05, 0.1) is 18.4 Å². The lowest BCUT2D eigenvalue weighted by molar-refractivity contribution is -0.132. The summed E-state index contributed by atoms with van der Waals surface area (Å²) in [5.74, 6) is 1.62. The highest BCUT2D eigenvalue weighted by Gasteiger charge is 2.58. The predicted octanol–water partition coefficient (Wildman–Crippen LogP) is 1.47. The average molecular weight is 421 g/mol. The lowest BCUT2D eigenvalue weighted by atomic mass is 9.47. The number of rotatable bonds is 5. The Bertz CT molecular complexity index is 821. The molecular weight excluding hydrogens is 388 g/mol. The summed E-state index contributed by atoms with van der Waals surface area (Å²) in [5.41, 5.74) is 0.0332. The molecule has 4 saturated carbocycles. The molecule has 0 aromatic carbocycles. The number of hydrogen-bond acceptors (Lipinski definition) is 5. The molecule has 0 aromatic rings. The molecule has 7 nitrogen and oxygen atoms in total. The molecule has 6 fully saturated rings. The molecule has 2 aliphatic heterocycles. The molecule has 4 aliphatic carbocycles. The largest absolute Gasteiger partial charge is 0.326 e. The molecule has 0 radical (unpaired) electrons. The number of nitrogens with zero attached hydrogens (tertiary/aromatic N) is 3. The molecule has 29 heavy (non-hydrogen) atoms. The van der Waals surface area contributed by atoms with Gasteiger partial charge in [0.25, 0.3) is 0 Å². The number of likely N-dealkylation sites (tertiary alicyclic amines) is 1. The van der Waals surface area contributed by atoms with Crippen molar-refractivity contribution < 1.29 is 13.2 Å². The van der Waals surface area contributed by atoms with Crippen molar-refractivity contribution in [1.29, 1.82) is 5.26 Å². The van der Waals surface area contributed by atoms with Crippen molar-refractivity contribution in [2.45, 2.75) is 69.4 Å². The molecular formula is C21H32N4O3S. The van der Waals surface area contributed by atoms with Crippen LogP contribution in [0, 0.1) is 28.6 Å². The molecule has 1 amide bonds. The Labute approximate surface area is 173 Å². The van der Waals surface area contributed by atoms with Crippen molar-refractivity contribution in [2.24, 2.45) is 17.3 Å². The Balaban J connectivity index is 1.29. The Morgan fingerprint density at radius 3 is 2.55 bits per heavy atom. The molecule has 2 saturated heterocycles. The van der Waals surface area contributed by atoms with Gasteiger partial charge in [-0.15, -0.1) is 0 Å². The molecule has 6 rings (SSSR count). The summed E-state index contributed by atoms with van der Waals surface area (Å²) in [7, 11) is -3.07. The van der Waals surface area contributed by atoms with Crippen LogP contribution in [0.5, 0.6) is 0 Å². The third-order valence-corrected chi connectivity index (χ3v) is 10.1. The van der Waals surface area contributed by atoms with Gasteiger partial charge >= 0.3 is 0 Å². The molecule has 4 bridgehead atoms. The van der Waals surface area contributed by atoms with Gasteiger partial charge in [0.2, 0.25) is 15.9 Å². The minimum atomic E-state index is -3.07. The van der Waals surface area contributed by atoms with E-state index in [4.69, 9.17) is 0 Å². The molecule has 6 aliphatic rings. The van der Waals surface area contributed by atoms with E-state index in [1.165, 1.54) is 6.42 Å². The third-order valence-electron chi connectivity index (χ3n) is 8.23. The van der Waals surface area contributed by atoms with E-state index in [0.717, 1.165) is 51.4 Å². The molecule has 2 heterocycles. The van der Waals surface area contributed by atoms with Crippen LogP contribution in [0.1, 0.15) is 57.8 Å². The van der Waals surface area contributed by atoms with Crippen LogP contribution in [0.2, 0.25) is 0 Å². The van der Waals surface area contributed by atoms with Gasteiger partial charge < -0.3 is 10.2 Å². The lowest BCUT2D eigenvalue weighted by Crippen LogP contribution is -2.65. The van der Waals surface area contributed by atoms with Crippen LogP contribution in [0.25, 0.3) is 0 Å². The Morgan fingerprint density at radius 2 is 1.90 bits per heavy atom. The summed E-state index contributed by atoms with van der Waals surface area (Å²) in [5, 5.41) is 12.9. The molecule has 3 unspecified atom stereocenters. The van der Waals surface area contributed by atoms with Gasteiger partial charge in [-0.05, 0) is 75.0 Å². The van der Waals surface area contributed by atoms with Crippen molar-refractivity contribution in [1.82, 2.24) is 14.5 Å². The first-order valence-corrected chi connectivity index (χ1v) is 12.9. The van der Waals surface area contributed by atoms with E-state index >= 15 is 0 Å². The van der Waals surface area contributed by atoms with E-state index < -0.39 is 10.0 Å². The van der Waals surface area contributed by atoms with Gasteiger partial charge in [-0.3, -0.25) is 4.79 Å². The smallest absolute Gasteiger partial charge is 0.237 e. The van der Waals surface area contributed by atoms with Crippen LogP contribution >= 0.6 is 0 Å². The zero-order valence-electron chi connectivity index (χ0n) is 17.1. The van der Waals surface area contributed by atoms with Crippen molar-refractivity contribution in [3.8, 4) is 6.07 Å². The van der Waals surface area contributed by atoms with E-state index in [2.05, 4.69) is 11.4 Å². The standard InChI is InChI=1S/C21H32N4O3S/c22-12-18-3-1-5-25(18)19(26)13-23-21-10-16-7-17(11-21)9-20(8-16,14-21)15-24-4-2-6-29(24,27)28/h16-18,23H,1-11,13-15H2. The van der Waals surface area contributed by atoms with Crippen molar-refractivity contribution in [3.63, 3.8) is 0 Å². The lowest BCUT2D eigenvalue weighted by Gasteiger charge is -2.63. The van der Waals surface area contributed by atoms with Gasteiger partial charge in [-0.25, -0.2) is 12.7 Å². The van der Waals surface area contributed by atoms with Crippen LogP contribution in [0.3, 0.4) is 0 Å². The summed E-state index contributed by atoms with van der Waals surface area (Å²) < 4.78 is 26.6. The first kappa shape index (κ1) is 19.8. The van der Waals surface area contributed by atoms with Gasteiger partial charge in [0.15, 0.2) is 0 Å². The quantitative estimate of drug-likeness (QED) is 0.727. The van der Waals surface area contributed by atoms with Crippen LogP contribution in [-0.4, -0.2) is 67.0 Å². The van der Waals surface area contributed by atoms with Gasteiger partial charge in [0.1, 0.15) is 6.04 Å². The second kappa shape index (κ2) is 6.93. The van der Waals surface area contributed by atoms with Crippen molar-refractivity contribution in [2.75, 3.05) is 31.9 Å². The van der Waals surface area contributed by atoms with E-state index in [9.17, 15) is 18.5 Å². The maximum atomic E-state index is 12.8. The van der Waals surface area contributed by atoms with Gasteiger partial charge in [0, 0.05) is 25.2 Å². The van der Waals surface area contributed by atoms with E-state index in [1.807, 2.05) is 0 Å². The number of carbonyl (C=O) groups is 1. The monoisotopic (exact) mass is 420 g/mol. The Hall–Kier alpha value is -1.17. The molecule has 160 valence electrons. The van der Waals surface area contributed by atoms with E-state index in [1.54, 1.807) is 9.21 Å². The SMILES string of the molecule is N#CC1CCCN1C(=O)CNC12CC3CC(CC(CN4CCCS4(=O)=O)(C3)C1)C2. The maximum absolute atomic E-state index is 12.8. The number of hydrogen-bond donors (Lipinski definition) is 1. The van der Waals surface area contributed by atoms with Crippen LogP contribution in [0.15, 0.2) is 0 Å². The number of amides is 1. The second-order valence-corrected chi connectivity index (χ2v) is 12.6. The highest BCUT2D eigenvalue weighted by atomic mass is 32.2. The zero-order valence-corrected chi connectivity index (χ0v) is 17.9. The van der Waals surface area contributed by atoms with Gasteiger partial charge in [-0.2, -0.15) is 5.26 Å². The van der Waals surface area contributed by atoms with Crippen LogP contribution in [-0.2, 0) is 14.8 Å². The maximum Gasteiger partial charge on any atom is 0.237 e. The van der Waals surface area contributed by atoms with E-state index in [0.29, 0.717) is 43.8 Å². The first-order valence-electron chi connectivity index (χ1n) is 11.2. The highest BCUT2D eigenvalue weighted by molar-refractivity contribution is 7.89. The Morgan fingerprint density at radius 1 is 1.14 bits per heavy atom. The molecule has 0 spiro atoms. The molecule has 0 aromatic heterocycles. The Kier molecular flexibility index (Phi) is 4.72. The predicted molar refractivity (Wildman–Crippen MR) is 108 cm³/mol. The minimum absolute atomic E-state index is 0.0366. The highest BCUT2D eigenvalue weighted by Crippen LogP contribution is 2.62.